The molecule has 2 heterocycles. The minimum Gasteiger partial charge on any atom is -0.343 e. The van der Waals surface area contributed by atoms with Gasteiger partial charge >= 0.3 is 5.69 Å². The van der Waals surface area contributed by atoms with Crippen molar-refractivity contribution >= 4 is 21.9 Å². The molecule has 29 heavy (non-hydrogen) atoms. The van der Waals surface area contributed by atoms with Crippen molar-refractivity contribution in [2.24, 2.45) is 12.8 Å². The topological polar surface area (TPSA) is 57.9 Å². The summed E-state index contributed by atoms with van der Waals surface area (Å²) in [6.45, 7) is 1.05. The van der Waals surface area contributed by atoms with E-state index in [2.05, 4.69) is 4.57 Å². The molecule has 152 valence electrons. The standard InChI is InChI=1S/C22H24F2N4O/c1-26-20-7-5-17(24)12-21(20)28(22(26)29)14-18-11-16-10-15(13-25)4-6-19(16)27(18)9-3-2-8-23/h4-7,10-12H,2-3,8-9,13-14,25H2,1H3. The number of fused-ring (bicyclic) bond motifs is 2. The second-order valence-electron chi connectivity index (χ2n) is 7.34. The van der Waals surface area contributed by atoms with Crippen molar-refractivity contribution in [3.05, 3.63) is 70.0 Å². The van der Waals surface area contributed by atoms with Crippen molar-refractivity contribution in [1.82, 2.24) is 13.7 Å². The van der Waals surface area contributed by atoms with Crippen molar-refractivity contribution in [3.8, 4) is 0 Å². The Hall–Kier alpha value is -2.93. The van der Waals surface area contributed by atoms with E-state index in [9.17, 15) is 13.6 Å². The summed E-state index contributed by atoms with van der Waals surface area (Å²) in [6, 6.07) is 12.4. The fourth-order valence-electron chi connectivity index (χ4n) is 3.96. The Labute approximate surface area is 167 Å². The molecule has 0 bridgehead atoms. The fourth-order valence-corrected chi connectivity index (χ4v) is 3.96. The van der Waals surface area contributed by atoms with Crippen molar-refractivity contribution in [3.63, 3.8) is 0 Å². The third kappa shape index (κ3) is 3.46. The first-order chi connectivity index (χ1) is 14.0. The fraction of sp³-hybridized carbons (Fsp3) is 0.318. The third-order valence-electron chi connectivity index (χ3n) is 5.48. The van der Waals surface area contributed by atoms with Crippen LogP contribution in [0.15, 0.2) is 47.3 Å². The lowest BCUT2D eigenvalue weighted by Crippen LogP contribution is -2.23. The molecule has 4 aromatic rings. The lowest BCUT2D eigenvalue weighted by molar-refractivity contribution is 0.447. The normalized spacial score (nSPS) is 11.7. The molecule has 0 spiro atoms. The van der Waals surface area contributed by atoms with Gasteiger partial charge in [0.1, 0.15) is 5.82 Å². The zero-order chi connectivity index (χ0) is 20.5. The van der Waals surface area contributed by atoms with Crippen LogP contribution in [-0.2, 0) is 26.7 Å². The summed E-state index contributed by atoms with van der Waals surface area (Å²) in [5.41, 5.74) is 9.78. The van der Waals surface area contributed by atoms with Gasteiger partial charge in [0.2, 0.25) is 0 Å². The van der Waals surface area contributed by atoms with Gasteiger partial charge in [0.25, 0.3) is 0 Å². The molecule has 7 heteroatoms. The van der Waals surface area contributed by atoms with Crippen LogP contribution in [0, 0.1) is 5.82 Å². The lowest BCUT2D eigenvalue weighted by atomic mass is 10.1. The van der Waals surface area contributed by atoms with Gasteiger partial charge in [0.05, 0.1) is 24.3 Å². The maximum absolute atomic E-state index is 13.9. The van der Waals surface area contributed by atoms with Crippen LogP contribution in [0.3, 0.4) is 0 Å². The van der Waals surface area contributed by atoms with Crippen LogP contribution in [0.4, 0.5) is 8.78 Å². The third-order valence-corrected chi connectivity index (χ3v) is 5.48. The van der Waals surface area contributed by atoms with Gasteiger partial charge in [0, 0.05) is 36.7 Å². The summed E-state index contributed by atoms with van der Waals surface area (Å²) in [5.74, 6) is -0.382. The van der Waals surface area contributed by atoms with Crippen LogP contribution < -0.4 is 11.4 Å². The van der Waals surface area contributed by atoms with Crippen molar-refractivity contribution in [2.45, 2.75) is 32.5 Å². The number of aromatic nitrogens is 3. The molecular weight excluding hydrogens is 374 g/mol. The van der Waals surface area contributed by atoms with Gasteiger partial charge in [-0.25, -0.2) is 9.18 Å². The number of rotatable bonds is 7. The van der Waals surface area contributed by atoms with Crippen LogP contribution in [0.25, 0.3) is 21.9 Å². The molecule has 0 amide bonds. The average Bonchev–Trinajstić information content (AvgIpc) is 3.17. The molecule has 0 atom stereocenters. The molecule has 4 rings (SSSR count). The minimum absolute atomic E-state index is 0.200. The van der Waals surface area contributed by atoms with Gasteiger partial charge in [-0.1, -0.05) is 6.07 Å². The second kappa shape index (κ2) is 7.83. The zero-order valence-electron chi connectivity index (χ0n) is 16.4. The second-order valence-corrected chi connectivity index (χ2v) is 7.34. The first-order valence-electron chi connectivity index (χ1n) is 9.75. The largest absolute Gasteiger partial charge is 0.343 e. The Morgan fingerprint density at radius 3 is 2.52 bits per heavy atom. The van der Waals surface area contributed by atoms with Crippen LogP contribution in [0.2, 0.25) is 0 Å². The van der Waals surface area contributed by atoms with Gasteiger partial charge in [-0.15, -0.1) is 0 Å². The predicted molar refractivity (Wildman–Crippen MR) is 111 cm³/mol. The highest BCUT2D eigenvalue weighted by Crippen LogP contribution is 2.24. The van der Waals surface area contributed by atoms with E-state index in [-0.39, 0.29) is 18.2 Å². The maximum atomic E-state index is 13.9. The monoisotopic (exact) mass is 398 g/mol. The molecule has 0 aliphatic rings. The number of nitrogens with zero attached hydrogens (tertiary/aromatic N) is 3. The maximum Gasteiger partial charge on any atom is 0.329 e. The molecule has 2 aromatic heterocycles. The summed E-state index contributed by atoms with van der Waals surface area (Å²) >= 11 is 0. The summed E-state index contributed by atoms with van der Waals surface area (Å²) < 4.78 is 31.7. The van der Waals surface area contributed by atoms with Gasteiger partial charge < -0.3 is 10.3 Å². The molecule has 0 saturated carbocycles. The minimum atomic E-state index is -0.382. The van der Waals surface area contributed by atoms with E-state index in [1.807, 2.05) is 24.3 Å². The number of halogens is 2. The molecule has 0 fully saturated rings. The number of imidazole rings is 1. The molecule has 0 radical (unpaired) electrons. The highest BCUT2D eigenvalue weighted by Gasteiger charge is 2.15. The molecule has 0 saturated heterocycles. The van der Waals surface area contributed by atoms with Gasteiger partial charge in [-0.05, 0) is 54.8 Å². The SMILES string of the molecule is Cn1c(=O)n(Cc2cc3cc(CN)ccc3n2CCCCF)c2cc(F)ccc21. The quantitative estimate of drug-likeness (QED) is 0.483. The summed E-state index contributed by atoms with van der Waals surface area (Å²) in [6.07, 6.45) is 1.18. The summed E-state index contributed by atoms with van der Waals surface area (Å²) in [4.78, 5) is 12.8. The van der Waals surface area contributed by atoms with E-state index in [1.54, 1.807) is 17.7 Å². The van der Waals surface area contributed by atoms with E-state index in [0.717, 1.165) is 22.2 Å². The molecular formula is C22H24F2N4O. The summed E-state index contributed by atoms with van der Waals surface area (Å²) in [7, 11) is 1.68. The van der Waals surface area contributed by atoms with Gasteiger partial charge in [-0.3, -0.25) is 13.5 Å². The predicted octanol–water partition coefficient (Wildman–Crippen LogP) is 3.69. The van der Waals surface area contributed by atoms with E-state index in [4.69, 9.17) is 5.73 Å². The summed E-state index contributed by atoms with van der Waals surface area (Å²) in [5, 5.41) is 1.03. The molecule has 5 nitrogen and oxygen atoms in total. The van der Waals surface area contributed by atoms with E-state index >= 15 is 0 Å². The van der Waals surface area contributed by atoms with Gasteiger partial charge in [0.15, 0.2) is 0 Å². The molecule has 0 aliphatic heterocycles. The number of nitrogens with two attached hydrogens (primary N) is 1. The Kier molecular flexibility index (Phi) is 5.24. The van der Waals surface area contributed by atoms with Crippen LogP contribution in [0.1, 0.15) is 24.1 Å². The van der Waals surface area contributed by atoms with Crippen LogP contribution in [-0.4, -0.2) is 20.4 Å². The van der Waals surface area contributed by atoms with Crippen LogP contribution in [0.5, 0.6) is 0 Å². The zero-order valence-corrected chi connectivity index (χ0v) is 16.4. The number of alkyl halides is 1. The number of aryl methyl sites for hydroxylation is 2. The molecule has 2 N–H and O–H groups in total. The Balaban J connectivity index is 1.84. The Morgan fingerprint density at radius 1 is 0.966 bits per heavy atom. The van der Waals surface area contributed by atoms with Gasteiger partial charge in [-0.2, -0.15) is 0 Å². The Morgan fingerprint density at radius 2 is 1.76 bits per heavy atom. The highest BCUT2D eigenvalue weighted by atomic mass is 19.1. The molecule has 2 aromatic carbocycles. The van der Waals surface area contributed by atoms with Crippen LogP contribution >= 0.6 is 0 Å². The first-order valence-corrected chi connectivity index (χ1v) is 9.75. The molecule has 0 unspecified atom stereocenters. The number of unbranched alkanes of at least 4 members (excludes halogenated alkanes) is 1. The molecule has 0 aliphatic carbocycles. The van der Waals surface area contributed by atoms with E-state index < -0.39 is 0 Å². The smallest absolute Gasteiger partial charge is 0.329 e. The number of benzene rings is 2. The number of hydrogen-bond acceptors (Lipinski definition) is 2. The Bertz CT molecular complexity index is 1240. The van der Waals surface area contributed by atoms with Crippen molar-refractivity contribution < 1.29 is 8.78 Å². The van der Waals surface area contributed by atoms with Crippen molar-refractivity contribution in [2.75, 3.05) is 6.67 Å². The van der Waals surface area contributed by atoms with E-state index in [1.165, 1.54) is 16.7 Å². The van der Waals surface area contributed by atoms with E-state index in [0.29, 0.717) is 43.5 Å². The van der Waals surface area contributed by atoms with Crippen molar-refractivity contribution in [1.29, 1.82) is 0 Å². The number of hydrogen-bond donors (Lipinski definition) is 1. The lowest BCUT2D eigenvalue weighted by Gasteiger charge is -2.11. The highest BCUT2D eigenvalue weighted by molar-refractivity contribution is 5.82. The average molecular weight is 398 g/mol. The first kappa shape index (κ1) is 19.4.